The topological polar surface area (TPSA) is 77.3 Å². The summed E-state index contributed by atoms with van der Waals surface area (Å²) in [6.07, 6.45) is 0. The fourth-order valence-electron chi connectivity index (χ4n) is 3.49. The fourth-order valence-corrected chi connectivity index (χ4v) is 4.24. The van der Waals surface area contributed by atoms with E-state index in [0.29, 0.717) is 23.1 Å². The maximum Gasteiger partial charge on any atom is 0.316 e. The minimum absolute atomic E-state index is 0.0903. The minimum Gasteiger partial charge on any atom is -0.455 e. The Hall–Kier alpha value is -3.98. The number of aromatic nitrogens is 3. The number of rotatable bonds is 9. The molecule has 9 heteroatoms. The zero-order valence-corrected chi connectivity index (χ0v) is 19.8. The first-order valence-electron chi connectivity index (χ1n) is 11.0. The van der Waals surface area contributed by atoms with Crippen LogP contribution in [0.15, 0.2) is 90.1 Å². The third kappa shape index (κ3) is 5.75. The normalized spacial score (nSPS) is 10.7. The van der Waals surface area contributed by atoms with Gasteiger partial charge in [-0.1, -0.05) is 60.3 Å². The summed E-state index contributed by atoms with van der Waals surface area (Å²) in [6, 6.07) is 24.7. The van der Waals surface area contributed by atoms with E-state index in [4.69, 9.17) is 4.74 Å². The Bertz CT molecular complexity index is 1300. The van der Waals surface area contributed by atoms with E-state index in [1.54, 1.807) is 27.7 Å². The number of carbonyl (C=O) groups excluding carboxylic acids is 2. The van der Waals surface area contributed by atoms with Gasteiger partial charge in [-0.05, 0) is 43.3 Å². The van der Waals surface area contributed by atoms with E-state index in [0.717, 1.165) is 23.1 Å². The monoisotopic (exact) mass is 490 g/mol. The van der Waals surface area contributed by atoms with Gasteiger partial charge in [-0.3, -0.25) is 14.2 Å². The van der Waals surface area contributed by atoms with Crippen molar-refractivity contribution in [3.8, 4) is 17.1 Å². The Morgan fingerprint density at radius 1 is 0.943 bits per heavy atom. The van der Waals surface area contributed by atoms with Crippen LogP contribution >= 0.6 is 11.8 Å². The van der Waals surface area contributed by atoms with Gasteiger partial charge in [-0.2, -0.15) is 0 Å². The first-order valence-corrected chi connectivity index (χ1v) is 12.0. The molecule has 178 valence electrons. The highest BCUT2D eigenvalue weighted by Crippen LogP contribution is 2.29. The first-order chi connectivity index (χ1) is 17.1. The molecule has 0 saturated carbocycles. The maximum absolute atomic E-state index is 14.5. The number of amides is 1. The SMILES string of the molecule is CCN(C(=O)COC(=O)CSc1nnc(-c2ccccc2F)n1-c1ccccc1)c1ccccc1. The molecule has 0 aliphatic carbocycles. The Morgan fingerprint density at radius 3 is 2.29 bits per heavy atom. The van der Waals surface area contributed by atoms with Gasteiger partial charge in [0.25, 0.3) is 5.91 Å². The number of nitrogens with zero attached hydrogens (tertiary/aromatic N) is 4. The second-order valence-electron chi connectivity index (χ2n) is 7.38. The summed E-state index contributed by atoms with van der Waals surface area (Å²) >= 11 is 1.10. The number of halogens is 1. The Morgan fingerprint density at radius 2 is 1.60 bits per heavy atom. The van der Waals surface area contributed by atoms with Gasteiger partial charge in [0, 0.05) is 17.9 Å². The third-order valence-electron chi connectivity index (χ3n) is 5.12. The van der Waals surface area contributed by atoms with Gasteiger partial charge in [-0.25, -0.2) is 4.39 Å². The Labute approximate surface area is 206 Å². The average Bonchev–Trinajstić information content (AvgIpc) is 3.32. The summed E-state index contributed by atoms with van der Waals surface area (Å²) in [5.74, 6) is -1.08. The van der Waals surface area contributed by atoms with Crippen LogP contribution in [0.1, 0.15) is 6.92 Å². The highest BCUT2D eigenvalue weighted by molar-refractivity contribution is 7.99. The number of anilines is 1. The van der Waals surface area contributed by atoms with E-state index < -0.39 is 11.8 Å². The van der Waals surface area contributed by atoms with E-state index in [1.807, 2.05) is 67.6 Å². The van der Waals surface area contributed by atoms with Gasteiger partial charge < -0.3 is 9.64 Å². The van der Waals surface area contributed by atoms with Gasteiger partial charge in [0.1, 0.15) is 5.82 Å². The molecule has 3 aromatic carbocycles. The van der Waals surface area contributed by atoms with Crippen LogP contribution in [0.2, 0.25) is 0 Å². The molecule has 1 heterocycles. The van der Waals surface area contributed by atoms with Crippen LogP contribution in [-0.4, -0.2) is 45.5 Å². The molecule has 0 saturated heterocycles. The Balaban J connectivity index is 1.45. The van der Waals surface area contributed by atoms with Crippen LogP contribution in [-0.2, 0) is 14.3 Å². The highest BCUT2D eigenvalue weighted by Gasteiger charge is 2.20. The molecule has 7 nitrogen and oxygen atoms in total. The lowest BCUT2D eigenvalue weighted by molar-refractivity contribution is -0.145. The van der Waals surface area contributed by atoms with E-state index in [9.17, 15) is 14.0 Å². The molecule has 0 aliphatic rings. The predicted octanol–water partition coefficient (Wildman–Crippen LogP) is 4.76. The van der Waals surface area contributed by atoms with Gasteiger partial charge in [0.05, 0.1) is 11.3 Å². The number of carbonyl (C=O) groups is 2. The number of hydrogen-bond donors (Lipinski definition) is 0. The summed E-state index contributed by atoms with van der Waals surface area (Å²) in [7, 11) is 0. The van der Waals surface area contributed by atoms with Crippen molar-refractivity contribution in [3.63, 3.8) is 0 Å². The van der Waals surface area contributed by atoms with Crippen LogP contribution in [0, 0.1) is 5.82 Å². The number of thioether (sulfide) groups is 1. The molecule has 0 radical (unpaired) electrons. The number of likely N-dealkylation sites (N-methyl/N-ethyl adjacent to an activating group) is 1. The molecular formula is C26H23FN4O3S. The maximum atomic E-state index is 14.5. The van der Waals surface area contributed by atoms with Crippen molar-refractivity contribution in [2.45, 2.75) is 12.1 Å². The van der Waals surface area contributed by atoms with Crippen molar-refractivity contribution in [3.05, 3.63) is 90.7 Å². The summed E-state index contributed by atoms with van der Waals surface area (Å²) in [6.45, 7) is 1.94. The number of esters is 1. The molecule has 0 bridgehead atoms. The van der Waals surface area contributed by atoms with Crippen molar-refractivity contribution in [1.29, 1.82) is 0 Å². The van der Waals surface area contributed by atoms with Crippen LogP contribution in [0.25, 0.3) is 17.1 Å². The van der Waals surface area contributed by atoms with E-state index in [-0.39, 0.29) is 18.3 Å². The molecule has 0 fully saturated rings. The first kappa shape index (κ1) is 24.2. The van der Waals surface area contributed by atoms with Gasteiger partial charge in [0.15, 0.2) is 17.6 Å². The Kier molecular flexibility index (Phi) is 7.89. The summed E-state index contributed by atoms with van der Waals surface area (Å²) in [5, 5.41) is 8.77. The second-order valence-corrected chi connectivity index (χ2v) is 8.32. The van der Waals surface area contributed by atoms with Crippen molar-refractivity contribution in [2.24, 2.45) is 0 Å². The highest BCUT2D eigenvalue weighted by atomic mass is 32.2. The van der Waals surface area contributed by atoms with E-state index in [1.165, 1.54) is 6.07 Å². The van der Waals surface area contributed by atoms with Crippen LogP contribution in [0.4, 0.5) is 10.1 Å². The van der Waals surface area contributed by atoms with Crippen LogP contribution < -0.4 is 4.90 Å². The smallest absolute Gasteiger partial charge is 0.316 e. The third-order valence-corrected chi connectivity index (χ3v) is 6.03. The number of ether oxygens (including phenoxy) is 1. The molecule has 35 heavy (non-hydrogen) atoms. The second kappa shape index (κ2) is 11.4. The lowest BCUT2D eigenvalue weighted by atomic mass is 10.2. The zero-order chi connectivity index (χ0) is 24.6. The van der Waals surface area contributed by atoms with Crippen molar-refractivity contribution in [1.82, 2.24) is 14.8 Å². The zero-order valence-electron chi connectivity index (χ0n) is 19.0. The largest absolute Gasteiger partial charge is 0.455 e. The summed E-state index contributed by atoms with van der Waals surface area (Å²) < 4.78 is 21.4. The van der Waals surface area contributed by atoms with Crippen molar-refractivity contribution >= 4 is 29.3 Å². The molecule has 0 unspecified atom stereocenters. The van der Waals surface area contributed by atoms with Crippen molar-refractivity contribution in [2.75, 3.05) is 23.8 Å². The summed E-state index contributed by atoms with van der Waals surface area (Å²) in [5.41, 5.74) is 1.76. The molecule has 0 spiro atoms. The number of para-hydroxylation sites is 2. The van der Waals surface area contributed by atoms with Gasteiger partial charge in [-0.15, -0.1) is 10.2 Å². The number of hydrogen-bond acceptors (Lipinski definition) is 6. The molecule has 4 rings (SSSR count). The quantitative estimate of drug-likeness (QED) is 0.249. The van der Waals surface area contributed by atoms with Gasteiger partial charge >= 0.3 is 5.97 Å². The lowest BCUT2D eigenvalue weighted by Gasteiger charge is -2.20. The van der Waals surface area contributed by atoms with E-state index >= 15 is 0 Å². The molecule has 1 aromatic heterocycles. The number of benzene rings is 3. The predicted molar refractivity (Wildman–Crippen MR) is 133 cm³/mol. The molecule has 1 amide bonds. The van der Waals surface area contributed by atoms with Gasteiger partial charge in [0.2, 0.25) is 0 Å². The summed E-state index contributed by atoms with van der Waals surface area (Å²) in [4.78, 5) is 26.5. The fraction of sp³-hybridized carbons (Fsp3) is 0.154. The van der Waals surface area contributed by atoms with Crippen LogP contribution in [0.5, 0.6) is 0 Å². The molecule has 0 aliphatic heterocycles. The molecule has 0 N–H and O–H groups in total. The lowest BCUT2D eigenvalue weighted by Crippen LogP contribution is -2.34. The van der Waals surface area contributed by atoms with E-state index in [2.05, 4.69) is 10.2 Å². The minimum atomic E-state index is -0.567. The van der Waals surface area contributed by atoms with Crippen molar-refractivity contribution < 1.29 is 18.7 Å². The molecular weight excluding hydrogens is 467 g/mol. The van der Waals surface area contributed by atoms with Crippen LogP contribution in [0.3, 0.4) is 0 Å². The average molecular weight is 491 g/mol. The standard InChI is InChI=1S/C26H23FN4O3S/c1-2-30(19-11-5-3-6-12-19)23(32)17-34-24(33)18-35-26-29-28-25(21-15-9-10-16-22(21)27)31(26)20-13-7-4-8-14-20/h3-16H,2,17-18H2,1H3. The molecule has 4 aromatic rings. The molecule has 0 atom stereocenters.